The van der Waals surface area contributed by atoms with Crippen LogP contribution >= 0.6 is 22.9 Å². The second-order valence-corrected chi connectivity index (χ2v) is 7.74. The van der Waals surface area contributed by atoms with Gasteiger partial charge in [0.15, 0.2) is 0 Å². The van der Waals surface area contributed by atoms with Crippen molar-refractivity contribution in [2.24, 2.45) is 5.18 Å². The number of phenolic OH excluding ortho intramolecular Hbond substituents is 1. The van der Waals surface area contributed by atoms with E-state index in [1.807, 2.05) is 6.92 Å². The highest BCUT2D eigenvalue weighted by Gasteiger charge is 2.23. The molecule has 0 bridgehead atoms. The number of aryl methyl sites for hydroxylation is 1. The fraction of sp³-hybridized carbons (Fsp3) is 0.263. The molecular formula is C19H16ClF2N3O3S. The molecule has 1 amide bonds. The van der Waals surface area contributed by atoms with Gasteiger partial charge in [0, 0.05) is 10.6 Å². The first kappa shape index (κ1) is 21.1. The first-order valence-electron chi connectivity index (χ1n) is 8.72. The smallest absolute Gasteiger partial charge is 0.259 e. The molecule has 3 rings (SSSR count). The number of allylic oxidation sites excluding steroid dienone is 3. The number of phenols is 1. The van der Waals surface area contributed by atoms with Gasteiger partial charge < -0.3 is 10.4 Å². The summed E-state index contributed by atoms with van der Waals surface area (Å²) < 4.78 is 28.6. The molecule has 10 heteroatoms. The van der Waals surface area contributed by atoms with E-state index in [9.17, 15) is 23.6 Å². The highest BCUT2D eigenvalue weighted by Crippen LogP contribution is 2.35. The van der Waals surface area contributed by atoms with Crippen molar-refractivity contribution in [2.75, 3.05) is 0 Å². The molecule has 0 aliphatic heterocycles. The molecule has 0 radical (unpaired) electrons. The number of carbonyl (C=O) groups is 1. The number of halogens is 3. The Balaban J connectivity index is 1.93. The van der Waals surface area contributed by atoms with E-state index in [0.717, 1.165) is 23.5 Å². The van der Waals surface area contributed by atoms with Crippen LogP contribution in [0.3, 0.4) is 0 Å². The maximum absolute atomic E-state index is 14.7. The molecule has 0 atom stereocenters. The second kappa shape index (κ2) is 8.79. The minimum Gasteiger partial charge on any atom is -0.507 e. The van der Waals surface area contributed by atoms with Crippen molar-refractivity contribution in [3.8, 4) is 16.3 Å². The predicted octanol–water partition coefficient (Wildman–Crippen LogP) is 5.31. The zero-order chi connectivity index (χ0) is 21.1. The van der Waals surface area contributed by atoms with Crippen LogP contribution in [0.2, 0.25) is 0 Å². The van der Waals surface area contributed by atoms with Gasteiger partial charge in [-0.3, -0.25) is 4.79 Å². The molecule has 2 aromatic rings. The molecule has 1 aliphatic carbocycles. The molecule has 0 saturated carbocycles. The highest BCUT2D eigenvalue weighted by molar-refractivity contribution is 7.15. The van der Waals surface area contributed by atoms with Gasteiger partial charge in [-0.15, -0.1) is 11.3 Å². The van der Waals surface area contributed by atoms with Gasteiger partial charge in [0.25, 0.3) is 5.91 Å². The number of rotatable bonds is 6. The molecule has 0 saturated heterocycles. The molecule has 2 N–H and O–H groups in total. The van der Waals surface area contributed by atoms with E-state index >= 15 is 0 Å². The Kier molecular flexibility index (Phi) is 6.39. The number of nitrogens with zero attached hydrogens (tertiary/aromatic N) is 2. The molecule has 1 aromatic carbocycles. The normalized spacial score (nSPS) is 14.0. The Morgan fingerprint density at radius 2 is 2.17 bits per heavy atom. The average Bonchev–Trinajstić information content (AvgIpc) is 3.09. The predicted molar refractivity (Wildman–Crippen MR) is 107 cm³/mol. The number of aromatic nitrogens is 1. The summed E-state index contributed by atoms with van der Waals surface area (Å²) in [6.45, 7) is 1.76. The molecule has 1 aromatic heterocycles. The van der Waals surface area contributed by atoms with Crippen molar-refractivity contribution in [3.63, 3.8) is 0 Å². The molecule has 0 unspecified atom stereocenters. The van der Waals surface area contributed by atoms with Gasteiger partial charge in [-0.25, -0.2) is 13.8 Å². The van der Waals surface area contributed by atoms with E-state index < -0.39 is 23.3 Å². The SMILES string of the molecule is CCc1nc(-c2cc(O)c(C(=O)NC3=C(Cl)CCC=C3F)cc2F)sc1CN=O. The van der Waals surface area contributed by atoms with Crippen molar-refractivity contribution >= 4 is 28.8 Å². The summed E-state index contributed by atoms with van der Waals surface area (Å²) in [7, 11) is 0. The summed E-state index contributed by atoms with van der Waals surface area (Å²) in [4.78, 5) is 27.9. The summed E-state index contributed by atoms with van der Waals surface area (Å²) >= 11 is 7.04. The lowest BCUT2D eigenvalue weighted by Crippen LogP contribution is -2.25. The second-order valence-electron chi connectivity index (χ2n) is 6.20. The first-order chi connectivity index (χ1) is 13.8. The topological polar surface area (TPSA) is 91.7 Å². The van der Waals surface area contributed by atoms with E-state index in [1.165, 1.54) is 6.08 Å². The first-order valence-corrected chi connectivity index (χ1v) is 9.91. The van der Waals surface area contributed by atoms with Crippen LogP contribution in [0.1, 0.15) is 40.7 Å². The molecule has 6 nitrogen and oxygen atoms in total. The van der Waals surface area contributed by atoms with Gasteiger partial charge in [0.1, 0.15) is 28.9 Å². The van der Waals surface area contributed by atoms with Crippen LogP contribution in [0.25, 0.3) is 10.6 Å². The number of carbonyl (C=O) groups excluding carboxylic acids is 1. The molecule has 29 heavy (non-hydrogen) atoms. The number of aromatic hydroxyl groups is 1. The molecule has 0 spiro atoms. The molecular weight excluding hydrogens is 424 g/mol. The van der Waals surface area contributed by atoms with Crippen molar-refractivity contribution in [1.82, 2.24) is 10.3 Å². The molecule has 1 aliphatic rings. The van der Waals surface area contributed by atoms with Crippen molar-refractivity contribution in [3.05, 3.63) is 61.6 Å². The maximum atomic E-state index is 14.7. The van der Waals surface area contributed by atoms with Crippen LogP contribution in [0.15, 0.2) is 39.9 Å². The van der Waals surface area contributed by atoms with E-state index in [1.54, 1.807) is 0 Å². The summed E-state index contributed by atoms with van der Waals surface area (Å²) in [6.07, 6.45) is 2.59. The number of hydrogen-bond donors (Lipinski definition) is 2. The standard InChI is InChI=1S/C19H16ClF2N3O3S/c1-2-14-16(8-23-28)29-19(24-14)9-7-15(26)10(6-13(9)22)18(27)25-17-11(20)4-3-5-12(17)21/h5-7,26H,2-4,8H2,1H3,(H,25,27). The number of amides is 1. The van der Waals surface area contributed by atoms with Crippen LogP contribution in [0, 0.1) is 10.7 Å². The maximum Gasteiger partial charge on any atom is 0.259 e. The van der Waals surface area contributed by atoms with Crippen LogP contribution in [0.4, 0.5) is 8.78 Å². The summed E-state index contributed by atoms with van der Waals surface area (Å²) in [5, 5.41) is 15.8. The zero-order valence-electron chi connectivity index (χ0n) is 15.3. The third-order valence-corrected chi connectivity index (χ3v) is 5.81. The Hall–Kier alpha value is -2.65. The van der Waals surface area contributed by atoms with Crippen LogP contribution in [0.5, 0.6) is 5.75 Å². The van der Waals surface area contributed by atoms with Crippen LogP contribution in [-0.2, 0) is 13.0 Å². The van der Waals surface area contributed by atoms with E-state index in [-0.39, 0.29) is 33.4 Å². The van der Waals surface area contributed by atoms with Gasteiger partial charge in [0.05, 0.1) is 21.8 Å². The fourth-order valence-corrected chi connectivity index (χ4v) is 4.18. The number of nitroso groups, excluding NO2 is 1. The lowest BCUT2D eigenvalue weighted by molar-refractivity contribution is 0.0961. The van der Waals surface area contributed by atoms with Gasteiger partial charge in [0.2, 0.25) is 0 Å². The summed E-state index contributed by atoms with van der Waals surface area (Å²) in [6, 6.07) is 1.92. The molecule has 0 fully saturated rings. The minimum atomic E-state index is -0.897. The monoisotopic (exact) mass is 439 g/mol. The fourth-order valence-electron chi connectivity index (χ4n) is 2.86. The highest BCUT2D eigenvalue weighted by atomic mass is 35.5. The molecule has 152 valence electrons. The van der Waals surface area contributed by atoms with Crippen molar-refractivity contribution in [2.45, 2.75) is 32.7 Å². The Bertz CT molecular complexity index is 1050. The van der Waals surface area contributed by atoms with Crippen molar-refractivity contribution in [1.29, 1.82) is 0 Å². The van der Waals surface area contributed by atoms with E-state index in [2.05, 4.69) is 15.5 Å². The van der Waals surface area contributed by atoms with Gasteiger partial charge in [-0.05, 0) is 37.5 Å². The largest absolute Gasteiger partial charge is 0.507 e. The molecule has 1 heterocycles. The number of thiazole rings is 1. The van der Waals surface area contributed by atoms with Crippen LogP contribution in [-0.4, -0.2) is 16.0 Å². The van der Waals surface area contributed by atoms with E-state index in [4.69, 9.17) is 11.6 Å². The summed E-state index contributed by atoms with van der Waals surface area (Å²) in [5.41, 5.74) is 0.0392. The zero-order valence-corrected chi connectivity index (χ0v) is 16.8. The third kappa shape index (κ3) is 4.35. The number of nitrogens with one attached hydrogen (secondary N) is 1. The quantitative estimate of drug-likeness (QED) is 0.596. The third-order valence-electron chi connectivity index (χ3n) is 4.32. The average molecular weight is 440 g/mol. The van der Waals surface area contributed by atoms with Crippen molar-refractivity contribution < 1.29 is 18.7 Å². The lowest BCUT2D eigenvalue weighted by atomic mass is 10.1. The van der Waals surface area contributed by atoms with Gasteiger partial charge in [-0.2, -0.15) is 4.91 Å². The minimum absolute atomic E-state index is 0.0168. The van der Waals surface area contributed by atoms with Crippen LogP contribution < -0.4 is 5.32 Å². The van der Waals surface area contributed by atoms with Gasteiger partial charge >= 0.3 is 0 Å². The Labute approximate surface area is 173 Å². The Morgan fingerprint density at radius 3 is 2.83 bits per heavy atom. The number of hydrogen-bond acceptors (Lipinski definition) is 6. The van der Waals surface area contributed by atoms with Gasteiger partial charge in [-0.1, -0.05) is 23.7 Å². The summed E-state index contributed by atoms with van der Waals surface area (Å²) in [5.74, 6) is -2.88. The lowest BCUT2D eigenvalue weighted by Gasteiger charge is -2.15. The number of benzene rings is 1. The van der Waals surface area contributed by atoms with E-state index in [0.29, 0.717) is 29.8 Å². The Morgan fingerprint density at radius 1 is 1.41 bits per heavy atom.